The first-order valence-corrected chi connectivity index (χ1v) is 4.99. The van der Waals surface area contributed by atoms with E-state index in [1.165, 1.54) is 6.07 Å². The van der Waals surface area contributed by atoms with Gasteiger partial charge in [-0.15, -0.1) is 0 Å². The van der Waals surface area contributed by atoms with Crippen molar-refractivity contribution in [3.8, 4) is 0 Å². The van der Waals surface area contributed by atoms with Gasteiger partial charge in [0.2, 0.25) is 0 Å². The molecule has 0 aliphatic carbocycles. The van der Waals surface area contributed by atoms with Gasteiger partial charge in [-0.2, -0.15) is 4.98 Å². The van der Waals surface area contributed by atoms with Crippen LogP contribution in [0.15, 0.2) is 33.9 Å². The highest BCUT2D eigenvalue weighted by molar-refractivity contribution is 5.88. The summed E-state index contributed by atoms with van der Waals surface area (Å²) in [6, 6.07) is 1.23. The van der Waals surface area contributed by atoms with Crippen molar-refractivity contribution < 1.29 is 19.2 Å². The Bertz CT molecular complexity index is 701. The summed E-state index contributed by atoms with van der Waals surface area (Å²) in [6.07, 6.45) is 2.97. The first-order chi connectivity index (χ1) is 8.99. The number of carboxylic acid groups (broad SMARTS) is 1. The van der Waals surface area contributed by atoms with Crippen LogP contribution in [0.4, 0.5) is 5.69 Å². The van der Waals surface area contributed by atoms with Crippen molar-refractivity contribution >= 4 is 11.7 Å². The molecule has 0 bridgehead atoms. The van der Waals surface area contributed by atoms with Gasteiger partial charge in [-0.25, -0.2) is 9.59 Å². The fourth-order valence-electron chi connectivity index (χ4n) is 1.46. The predicted molar refractivity (Wildman–Crippen MR) is 59.9 cm³/mol. The minimum atomic E-state index is -1.21. The zero-order chi connectivity index (χ0) is 14.0. The van der Waals surface area contributed by atoms with E-state index in [1.807, 2.05) is 0 Å². The van der Waals surface area contributed by atoms with Gasteiger partial charge in [-0.3, -0.25) is 14.7 Å². The number of nitro groups is 1. The quantitative estimate of drug-likeness (QED) is 0.629. The van der Waals surface area contributed by atoms with E-state index in [4.69, 9.17) is 9.52 Å². The Balaban J connectivity index is 2.40. The molecule has 98 valence electrons. The number of rotatable bonds is 4. The Hall–Kier alpha value is -2.97. The lowest BCUT2D eigenvalue weighted by molar-refractivity contribution is -0.385. The van der Waals surface area contributed by atoms with Crippen LogP contribution >= 0.6 is 0 Å². The predicted octanol–water partition coefficient (Wildman–Crippen LogP) is 0.491. The van der Waals surface area contributed by atoms with E-state index in [-0.39, 0.29) is 23.6 Å². The number of nitrogens with zero attached hydrogens (tertiary/aromatic N) is 3. The summed E-state index contributed by atoms with van der Waals surface area (Å²) in [5.41, 5.74) is -1.22. The normalized spacial score (nSPS) is 10.3. The Morgan fingerprint density at radius 3 is 2.95 bits per heavy atom. The third-order valence-corrected chi connectivity index (χ3v) is 2.34. The second kappa shape index (κ2) is 4.72. The fraction of sp³-hybridized carbons (Fsp3) is 0.100. The summed E-state index contributed by atoms with van der Waals surface area (Å²) < 4.78 is 5.85. The fourth-order valence-corrected chi connectivity index (χ4v) is 1.46. The second-order valence-corrected chi connectivity index (χ2v) is 3.54. The van der Waals surface area contributed by atoms with Gasteiger partial charge < -0.3 is 9.52 Å². The summed E-state index contributed by atoms with van der Waals surface area (Å²) in [4.78, 5) is 35.5. The van der Waals surface area contributed by atoms with Crippen molar-refractivity contribution in [3.05, 3.63) is 56.6 Å². The summed E-state index contributed by atoms with van der Waals surface area (Å²) in [7, 11) is 0. The summed E-state index contributed by atoms with van der Waals surface area (Å²) in [5, 5.41) is 19.4. The topological polar surface area (TPSA) is 128 Å². The van der Waals surface area contributed by atoms with Crippen LogP contribution in [0.3, 0.4) is 0 Å². The summed E-state index contributed by atoms with van der Waals surface area (Å²) >= 11 is 0. The smallest absolute Gasteiger partial charge is 0.348 e. The lowest BCUT2D eigenvalue weighted by Gasteiger charge is -2.02. The lowest BCUT2D eigenvalue weighted by Crippen LogP contribution is -2.23. The van der Waals surface area contributed by atoms with Crippen LogP contribution in [-0.2, 0) is 6.54 Å². The number of carbonyl (C=O) groups is 1. The van der Waals surface area contributed by atoms with Crippen molar-refractivity contribution in [1.29, 1.82) is 0 Å². The second-order valence-electron chi connectivity index (χ2n) is 3.54. The molecule has 0 aliphatic heterocycles. The SMILES string of the molecule is O=C(O)c1ccoc1Cn1cc([N+](=O)[O-])cnc1=O. The molecule has 2 heterocycles. The molecule has 0 aliphatic rings. The van der Waals surface area contributed by atoms with Crippen LogP contribution in [0.2, 0.25) is 0 Å². The summed E-state index contributed by atoms with van der Waals surface area (Å²) in [5.74, 6) is -1.20. The minimum absolute atomic E-state index is 0.0110. The van der Waals surface area contributed by atoms with E-state index in [0.717, 1.165) is 23.2 Å². The van der Waals surface area contributed by atoms with Gasteiger partial charge in [0.25, 0.3) is 0 Å². The standard InChI is InChI=1S/C10H7N3O6/c14-9(15)7-1-2-19-8(7)5-12-4-6(13(17)18)3-11-10(12)16/h1-4H,5H2,(H,14,15). The molecule has 2 aromatic rings. The molecular formula is C10H7N3O6. The lowest BCUT2D eigenvalue weighted by atomic mass is 10.2. The molecule has 0 spiro atoms. The highest BCUT2D eigenvalue weighted by Crippen LogP contribution is 2.13. The van der Waals surface area contributed by atoms with E-state index >= 15 is 0 Å². The maximum atomic E-state index is 11.4. The highest BCUT2D eigenvalue weighted by atomic mass is 16.6. The maximum absolute atomic E-state index is 11.4. The number of carboxylic acids is 1. The van der Waals surface area contributed by atoms with E-state index in [2.05, 4.69) is 4.98 Å². The van der Waals surface area contributed by atoms with Gasteiger partial charge in [0.05, 0.1) is 23.9 Å². The van der Waals surface area contributed by atoms with Crippen molar-refractivity contribution in [2.45, 2.75) is 6.54 Å². The Morgan fingerprint density at radius 2 is 2.32 bits per heavy atom. The van der Waals surface area contributed by atoms with Gasteiger partial charge in [0.1, 0.15) is 17.5 Å². The van der Waals surface area contributed by atoms with Crippen LogP contribution < -0.4 is 5.69 Å². The van der Waals surface area contributed by atoms with Gasteiger partial charge in [-0.1, -0.05) is 0 Å². The molecule has 0 radical (unpaired) electrons. The maximum Gasteiger partial charge on any atom is 0.348 e. The molecule has 0 unspecified atom stereocenters. The van der Waals surface area contributed by atoms with Crippen molar-refractivity contribution in [3.63, 3.8) is 0 Å². The monoisotopic (exact) mass is 265 g/mol. The molecule has 0 aromatic carbocycles. The Kier molecular flexibility index (Phi) is 3.10. The number of hydrogen-bond acceptors (Lipinski definition) is 6. The average molecular weight is 265 g/mol. The zero-order valence-electron chi connectivity index (χ0n) is 9.35. The van der Waals surface area contributed by atoms with E-state index < -0.39 is 16.6 Å². The molecule has 9 nitrogen and oxygen atoms in total. The molecule has 19 heavy (non-hydrogen) atoms. The van der Waals surface area contributed by atoms with E-state index in [1.54, 1.807) is 0 Å². The van der Waals surface area contributed by atoms with Crippen LogP contribution in [0.25, 0.3) is 0 Å². The van der Waals surface area contributed by atoms with Crippen molar-refractivity contribution in [2.24, 2.45) is 0 Å². The van der Waals surface area contributed by atoms with Crippen LogP contribution in [0.1, 0.15) is 16.1 Å². The first-order valence-electron chi connectivity index (χ1n) is 4.99. The molecule has 2 rings (SSSR count). The molecule has 2 aromatic heterocycles. The third kappa shape index (κ3) is 2.49. The van der Waals surface area contributed by atoms with E-state index in [0.29, 0.717) is 0 Å². The van der Waals surface area contributed by atoms with Gasteiger partial charge in [0.15, 0.2) is 0 Å². The number of aromatic carboxylic acids is 1. The molecule has 0 saturated carbocycles. The number of aromatic nitrogens is 2. The third-order valence-electron chi connectivity index (χ3n) is 2.34. The molecule has 0 saturated heterocycles. The molecule has 0 atom stereocenters. The highest BCUT2D eigenvalue weighted by Gasteiger charge is 2.16. The Morgan fingerprint density at radius 1 is 1.58 bits per heavy atom. The Labute approximate surface area is 104 Å². The summed E-state index contributed by atoms with van der Waals surface area (Å²) in [6.45, 7) is -0.248. The first kappa shape index (κ1) is 12.5. The number of hydrogen-bond donors (Lipinski definition) is 1. The van der Waals surface area contributed by atoms with Crippen LogP contribution in [0, 0.1) is 10.1 Å². The van der Waals surface area contributed by atoms with Crippen molar-refractivity contribution in [1.82, 2.24) is 9.55 Å². The molecule has 1 N–H and O–H groups in total. The number of furan rings is 1. The van der Waals surface area contributed by atoms with E-state index in [9.17, 15) is 19.7 Å². The molecule has 0 amide bonds. The van der Waals surface area contributed by atoms with Crippen molar-refractivity contribution in [2.75, 3.05) is 0 Å². The zero-order valence-corrected chi connectivity index (χ0v) is 9.35. The van der Waals surface area contributed by atoms with Gasteiger partial charge >= 0.3 is 17.3 Å². The molecule has 9 heteroatoms. The minimum Gasteiger partial charge on any atom is -0.478 e. The molecule has 0 fully saturated rings. The molecular weight excluding hydrogens is 258 g/mol. The van der Waals surface area contributed by atoms with Gasteiger partial charge in [0, 0.05) is 0 Å². The van der Waals surface area contributed by atoms with Crippen LogP contribution in [0.5, 0.6) is 0 Å². The van der Waals surface area contributed by atoms with Gasteiger partial charge in [-0.05, 0) is 6.07 Å². The average Bonchev–Trinajstić information content (AvgIpc) is 2.80. The van der Waals surface area contributed by atoms with Crippen LogP contribution in [-0.4, -0.2) is 25.6 Å². The largest absolute Gasteiger partial charge is 0.478 e.